The highest BCUT2D eigenvalue weighted by Gasteiger charge is 2.42. The van der Waals surface area contributed by atoms with E-state index in [1.165, 1.54) is 0 Å². The third-order valence-corrected chi connectivity index (χ3v) is 6.24. The van der Waals surface area contributed by atoms with Crippen molar-refractivity contribution in [2.45, 2.75) is 67.8 Å². The first-order valence-electron chi connectivity index (χ1n) is 7.65. The van der Waals surface area contributed by atoms with Crippen molar-refractivity contribution in [1.82, 2.24) is 9.29 Å². The lowest BCUT2D eigenvalue weighted by Gasteiger charge is -2.19. The summed E-state index contributed by atoms with van der Waals surface area (Å²) in [5.41, 5.74) is 6.62. The fraction of sp³-hybridized carbons (Fsp3) is 0.714. The molecule has 3 unspecified atom stereocenters. The molecule has 116 valence electrons. The van der Waals surface area contributed by atoms with Gasteiger partial charge in [0.25, 0.3) is 0 Å². The van der Waals surface area contributed by atoms with E-state index >= 15 is 0 Å². The van der Waals surface area contributed by atoms with Gasteiger partial charge in [-0.25, -0.2) is 13.1 Å². The smallest absolute Gasteiger partial charge is 0.242 e. The Kier molecular flexibility index (Phi) is 3.15. The molecule has 1 saturated carbocycles. The second kappa shape index (κ2) is 4.81. The van der Waals surface area contributed by atoms with E-state index in [9.17, 15) is 8.42 Å². The Hall–Kier alpha value is -0.890. The Balaban J connectivity index is 1.56. The second-order valence-electron chi connectivity index (χ2n) is 6.35. The fourth-order valence-electron chi connectivity index (χ4n) is 3.53. The molecule has 3 fully saturated rings. The van der Waals surface area contributed by atoms with Gasteiger partial charge in [-0.3, -0.25) is 0 Å². The minimum atomic E-state index is -3.49. The molecule has 7 heteroatoms. The van der Waals surface area contributed by atoms with Crippen molar-refractivity contribution in [3.8, 4) is 0 Å². The molecule has 3 N–H and O–H groups in total. The molecule has 3 aliphatic rings. The molecule has 2 bridgehead atoms. The van der Waals surface area contributed by atoms with E-state index in [1.54, 1.807) is 12.3 Å². The number of sulfonamides is 1. The summed E-state index contributed by atoms with van der Waals surface area (Å²) in [4.78, 5) is 0.331. The Morgan fingerprint density at radius 2 is 2.14 bits per heavy atom. The third kappa shape index (κ3) is 2.42. The van der Waals surface area contributed by atoms with Crippen LogP contribution in [-0.4, -0.2) is 31.2 Å². The van der Waals surface area contributed by atoms with E-state index in [2.05, 4.69) is 4.72 Å². The lowest BCUT2D eigenvalue weighted by Crippen LogP contribution is -2.41. The van der Waals surface area contributed by atoms with Crippen LogP contribution >= 0.6 is 0 Å². The number of nitrogens with two attached hydrogens (primary N) is 1. The number of hydrogen-bond donors (Lipinski definition) is 2. The predicted octanol–water partition coefficient (Wildman–Crippen LogP) is 0.880. The van der Waals surface area contributed by atoms with Gasteiger partial charge in [0.15, 0.2) is 0 Å². The Morgan fingerprint density at radius 1 is 1.33 bits per heavy atom. The van der Waals surface area contributed by atoms with E-state index in [1.807, 2.05) is 4.57 Å². The van der Waals surface area contributed by atoms with Gasteiger partial charge in [0.1, 0.15) is 0 Å². The molecule has 1 aromatic heterocycles. The highest BCUT2D eigenvalue weighted by molar-refractivity contribution is 7.89. The Labute approximate surface area is 124 Å². The first kappa shape index (κ1) is 13.8. The maximum absolute atomic E-state index is 12.6. The summed E-state index contributed by atoms with van der Waals surface area (Å²) in [6.07, 6.45) is 7.02. The number of ether oxygens (including phenoxy) is 1. The van der Waals surface area contributed by atoms with E-state index in [-0.39, 0.29) is 18.2 Å². The number of rotatable bonds is 5. The first-order chi connectivity index (χ1) is 10.1. The Bertz CT molecular complexity index is 650. The summed E-state index contributed by atoms with van der Waals surface area (Å²) < 4.78 is 35.7. The number of nitrogens with zero attached hydrogens (tertiary/aromatic N) is 1. The van der Waals surface area contributed by atoms with Crippen LogP contribution in [0.2, 0.25) is 0 Å². The summed E-state index contributed by atoms with van der Waals surface area (Å²) >= 11 is 0. The molecule has 0 spiro atoms. The topological polar surface area (TPSA) is 86.3 Å². The van der Waals surface area contributed by atoms with Crippen LogP contribution in [0.5, 0.6) is 0 Å². The van der Waals surface area contributed by atoms with Crippen LogP contribution < -0.4 is 10.5 Å². The molecule has 2 aliphatic heterocycles. The van der Waals surface area contributed by atoms with Gasteiger partial charge in [-0.2, -0.15) is 0 Å². The molecule has 1 aliphatic carbocycles. The quantitative estimate of drug-likeness (QED) is 0.845. The highest BCUT2D eigenvalue weighted by atomic mass is 32.2. The highest BCUT2D eigenvalue weighted by Crippen LogP contribution is 2.38. The monoisotopic (exact) mass is 311 g/mol. The van der Waals surface area contributed by atoms with Crippen molar-refractivity contribution < 1.29 is 13.2 Å². The molecular formula is C14H21N3O3S. The van der Waals surface area contributed by atoms with Crippen LogP contribution in [0.4, 0.5) is 0 Å². The SMILES string of the molecule is NCc1cc(S(=O)(=O)NC2CC3CCC2O3)cn1C1CC1. The normalized spacial score (nSPS) is 32.0. The van der Waals surface area contributed by atoms with Crippen molar-refractivity contribution in [1.29, 1.82) is 0 Å². The van der Waals surface area contributed by atoms with Gasteiger partial charge in [-0.15, -0.1) is 0 Å². The summed E-state index contributed by atoms with van der Waals surface area (Å²) in [5, 5.41) is 0. The molecule has 3 heterocycles. The van der Waals surface area contributed by atoms with Gasteiger partial charge < -0.3 is 15.0 Å². The minimum absolute atomic E-state index is 0.0456. The van der Waals surface area contributed by atoms with E-state index in [0.29, 0.717) is 17.5 Å². The molecule has 0 aromatic carbocycles. The van der Waals surface area contributed by atoms with Crippen LogP contribution in [0.15, 0.2) is 17.2 Å². The van der Waals surface area contributed by atoms with Crippen molar-refractivity contribution in [3.63, 3.8) is 0 Å². The van der Waals surface area contributed by atoms with Crippen LogP contribution in [0.1, 0.15) is 43.8 Å². The zero-order valence-corrected chi connectivity index (χ0v) is 12.7. The number of nitrogens with one attached hydrogen (secondary N) is 1. The number of aromatic nitrogens is 1. The first-order valence-corrected chi connectivity index (χ1v) is 9.14. The largest absolute Gasteiger partial charge is 0.373 e. The number of hydrogen-bond acceptors (Lipinski definition) is 4. The molecule has 6 nitrogen and oxygen atoms in total. The molecule has 1 aromatic rings. The van der Waals surface area contributed by atoms with Crippen LogP contribution in [0, 0.1) is 0 Å². The third-order valence-electron chi connectivity index (χ3n) is 4.78. The van der Waals surface area contributed by atoms with E-state index in [4.69, 9.17) is 10.5 Å². The van der Waals surface area contributed by atoms with Crippen LogP contribution in [0.3, 0.4) is 0 Å². The minimum Gasteiger partial charge on any atom is -0.373 e. The lowest BCUT2D eigenvalue weighted by atomic mass is 9.96. The Morgan fingerprint density at radius 3 is 2.71 bits per heavy atom. The van der Waals surface area contributed by atoms with Crippen LogP contribution in [-0.2, 0) is 21.3 Å². The van der Waals surface area contributed by atoms with Crippen LogP contribution in [0.25, 0.3) is 0 Å². The van der Waals surface area contributed by atoms with Gasteiger partial charge in [-0.1, -0.05) is 0 Å². The molecule has 21 heavy (non-hydrogen) atoms. The lowest BCUT2D eigenvalue weighted by molar-refractivity contribution is 0.0996. The van der Waals surface area contributed by atoms with Gasteiger partial charge in [0, 0.05) is 24.5 Å². The van der Waals surface area contributed by atoms with Gasteiger partial charge in [0.05, 0.1) is 23.1 Å². The zero-order valence-electron chi connectivity index (χ0n) is 11.9. The van der Waals surface area contributed by atoms with Gasteiger partial charge in [0.2, 0.25) is 10.0 Å². The van der Waals surface area contributed by atoms with E-state index < -0.39 is 10.0 Å². The molecule has 4 rings (SSSR count). The summed E-state index contributed by atoms with van der Waals surface area (Å²) in [6, 6.07) is 2.05. The van der Waals surface area contributed by atoms with Gasteiger partial charge >= 0.3 is 0 Å². The molecule has 0 amide bonds. The van der Waals surface area contributed by atoms with Crippen molar-refractivity contribution in [2.75, 3.05) is 0 Å². The summed E-state index contributed by atoms with van der Waals surface area (Å²) in [6.45, 7) is 0.364. The summed E-state index contributed by atoms with van der Waals surface area (Å²) in [5.74, 6) is 0. The molecular weight excluding hydrogens is 290 g/mol. The average molecular weight is 311 g/mol. The van der Waals surface area contributed by atoms with Crippen molar-refractivity contribution in [3.05, 3.63) is 18.0 Å². The maximum atomic E-state index is 12.6. The standard InChI is InChI=1S/C14H21N3O3S/c15-7-10-5-12(8-17(10)9-1-2-9)21(18,19)16-13-6-11-3-4-14(13)20-11/h5,8-9,11,13-14,16H,1-4,6-7,15H2. The molecule has 0 radical (unpaired) electrons. The zero-order chi connectivity index (χ0) is 14.6. The van der Waals surface area contributed by atoms with E-state index in [0.717, 1.165) is 37.8 Å². The number of fused-ring (bicyclic) bond motifs is 2. The summed E-state index contributed by atoms with van der Waals surface area (Å²) in [7, 11) is -3.49. The van der Waals surface area contributed by atoms with Gasteiger partial charge in [-0.05, 0) is 38.2 Å². The molecule has 2 saturated heterocycles. The maximum Gasteiger partial charge on any atom is 0.242 e. The van der Waals surface area contributed by atoms with Crippen molar-refractivity contribution in [2.24, 2.45) is 5.73 Å². The fourth-order valence-corrected chi connectivity index (χ4v) is 4.86. The molecule has 3 atom stereocenters. The second-order valence-corrected chi connectivity index (χ2v) is 8.06. The predicted molar refractivity (Wildman–Crippen MR) is 77.2 cm³/mol. The van der Waals surface area contributed by atoms with Crippen molar-refractivity contribution >= 4 is 10.0 Å². The average Bonchev–Trinajstić information content (AvgIpc) is 2.89.